The molecule has 5 amide bonds. The monoisotopic (exact) mass is 1680 g/mol. The number of pyridine rings is 1. The van der Waals surface area contributed by atoms with E-state index in [1.165, 1.54) is 102 Å². The first-order valence-electron chi connectivity index (χ1n) is 37.7. The molecule has 0 saturated carbocycles. The Balaban J connectivity index is 0.000000141. The zero-order chi connectivity index (χ0) is 88.5. The number of ether oxygens (including phenoxy) is 3. The van der Waals surface area contributed by atoms with Gasteiger partial charge in [-0.15, -0.1) is 26.3 Å². The smallest absolute Gasteiger partial charge is 0.508 e. The Morgan fingerprint density at radius 2 is 0.789 bits per heavy atom. The van der Waals surface area contributed by atoms with Crippen LogP contribution in [0.25, 0.3) is 41.0 Å². The van der Waals surface area contributed by atoms with Gasteiger partial charge in [-0.3, -0.25) is 52.9 Å². The molecule has 630 valence electrons. The van der Waals surface area contributed by atoms with Crippen molar-refractivity contribution in [1.82, 2.24) is 50.3 Å². The molecular formula is C91H82F7N15O10. The van der Waals surface area contributed by atoms with E-state index in [9.17, 15) is 64.6 Å². The van der Waals surface area contributed by atoms with Crippen molar-refractivity contribution in [3.63, 3.8) is 0 Å². The standard InChI is InChI=1S/C23H18F3N3O2.C20H23N3O2.C17H14F3N3O2.C16H14FN3O.C15H13N3O3/c1-15-8-9-16-14-20(22(30)28(2)17-6-4-3-5-7-17)27-21(16)29(15)18-10-12-19(13-11-18)31-23(24,25)26;1-13(2)25-17-10-8-16(9-11-17)23-14(3)6-7-15-12-18(21-19(15)23)20(24)22(4)5;1-10-3-4-11-9-14(16(24)21-2)22-15(11)23(10)12-5-7-13(8-6-12)25-17(18,19)20;1-10-3-4-11-9-14(16(21)18-2)19-15(11)20(10)13-7-5-12(17)6-8-13;1-16-15(21)12-7-9-5-6-13(20)18(14(9)17-12)10-3-2-4-11(19)8-10/h3-14,27H,1H2,2H3;6-13,21H,3H2,1-2,4-5H3;3-9,22H,1H2,2H3,(H,21,24);3-9,19H,1H2,2H3,(H,18,21);2-8,17,19H,1H3,(H,16,21). The van der Waals surface area contributed by atoms with Crippen LogP contribution in [-0.4, -0.2) is 130 Å². The number of anilines is 9. The van der Waals surface area contributed by atoms with Gasteiger partial charge in [0.15, 0.2) is 0 Å². The third-order valence-corrected chi connectivity index (χ3v) is 18.9. The highest BCUT2D eigenvalue weighted by Crippen LogP contribution is 2.43. The molecule has 0 spiro atoms. The van der Waals surface area contributed by atoms with Gasteiger partial charge in [-0.25, -0.2) is 4.39 Å². The molecule has 0 unspecified atom stereocenters. The van der Waals surface area contributed by atoms with Crippen LogP contribution in [0.15, 0.2) is 272 Å². The zero-order valence-electron chi connectivity index (χ0n) is 67.4. The molecule has 32 heteroatoms. The minimum absolute atomic E-state index is 0.0611. The maximum Gasteiger partial charge on any atom is 0.573 e. The third kappa shape index (κ3) is 20.1. The van der Waals surface area contributed by atoms with Crippen LogP contribution in [0.3, 0.4) is 0 Å². The molecule has 0 fully saturated rings. The summed E-state index contributed by atoms with van der Waals surface area (Å²) < 4.78 is 102. The number of phenolic OH excluding ortho intramolecular Hbond substituents is 1. The fourth-order valence-electron chi connectivity index (χ4n) is 13.2. The van der Waals surface area contributed by atoms with Gasteiger partial charge in [0, 0.05) is 133 Å². The van der Waals surface area contributed by atoms with E-state index < -0.39 is 12.7 Å². The van der Waals surface area contributed by atoms with Crippen molar-refractivity contribution in [2.75, 3.05) is 66.8 Å². The summed E-state index contributed by atoms with van der Waals surface area (Å²) in [5.41, 5.74) is 12.7. The predicted molar refractivity (Wildman–Crippen MR) is 462 cm³/mol. The highest BCUT2D eigenvalue weighted by atomic mass is 19.4. The number of alkyl halides is 6. The van der Waals surface area contributed by atoms with Crippen LogP contribution in [0.2, 0.25) is 0 Å². The van der Waals surface area contributed by atoms with Gasteiger partial charge in [0.2, 0.25) is 0 Å². The number of halogens is 7. The van der Waals surface area contributed by atoms with Gasteiger partial charge < -0.3 is 70.0 Å². The topological polar surface area (TPSA) is 290 Å². The largest absolute Gasteiger partial charge is 0.573 e. The van der Waals surface area contributed by atoms with Crippen molar-refractivity contribution in [3.05, 3.63) is 334 Å². The molecule has 25 nitrogen and oxygen atoms in total. The normalized spacial score (nSPS) is 12.8. The Morgan fingerprint density at radius 3 is 1.16 bits per heavy atom. The lowest BCUT2D eigenvalue weighted by atomic mass is 10.1. The molecule has 0 aliphatic carbocycles. The van der Waals surface area contributed by atoms with E-state index in [1.54, 1.807) is 116 Å². The van der Waals surface area contributed by atoms with Gasteiger partial charge in [0.1, 0.15) is 86.2 Å². The molecule has 0 radical (unpaired) electrons. The predicted octanol–water partition coefficient (Wildman–Crippen LogP) is 18.6. The number of rotatable bonds is 15. The van der Waals surface area contributed by atoms with Gasteiger partial charge >= 0.3 is 12.7 Å². The van der Waals surface area contributed by atoms with Crippen molar-refractivity contribution in [2.24, 2.45) is 0 Å². The molecule has 6 aromatic heterocycles. The second-order valence-corrected chi connectivity index (χ2v) is 28.0. The van der Waals surface area contributed by atoms with E-state index >= 15 is 0 Å². The first-order valence-corrected chi connectivity index (χ1v) is 37.7. The van der Waals surface area contributed by atoms with E-state index in [2.05, 4.69) is 76.7 Å². The van der Waals surface area contributed by atoms with Gasteiger partial charge in [0.25, 0.3) is 35.1 Å². The van der Waals surface area contributed by atoms with Gasteiger partial charge in [0.05, 0.1) is 11.8 Å². The van der Waals surface area contributed by atoms with E-state index in [4.69, 9.17) is 4.74 Å². The number of hydrogen-bond donors (Lipinski definition) is 9. The summed E-state index contributed by atoms with van der Waals surface area (Å²) in [5, 5.41) is 17.9. The highest BCUT2D eigenvalue weighted by molar-refractivity contribution is 6.06. The van der Waals surface area contributed by atoms with Crippen molar-refractivity contribution >= 4 is 117 Å². The summed E-state index contributed by atoms with van der Waals surface area (Å²) in [6, 6.07) is 52.2. The molecule has 123 heavy (non-hydrogen) atoms. The number of nitrogens with zero attached hydrogens (tertiary/aromatic N) is 7. The average molecular weight is 1680 g/mol. The molecule has 0 bridgehead atoms. The van der Waals surface area contributed by atoms with Crippen LogP contribution in [-0.2, 0) is 0 Å². The molecule has 4 aliphatic heterocycles. The fraction of sp³-hybridized carbons (Fsp3) is 0.121. The maximum absolute atomic E-state index is 13.1. The van der Waals surface area contributed by atoms with E-state index in [0.29, 0.717) is 74.2 Å². The molecule has 9 N–H and O–H groups in total. The van der Waals surface area contributed by atoms with E-state index in [-0.39, 0.29) is 64.3 Å². The highest BCUT2D eigenvalue weighted by Gasteiger charge is 2.34. The summed E-state index contributed by atoms with van der Waals surface area (Å²) in [4.78, 5) is 98.4. The number of hydrogen-bond acceptors (Lipinski definition) is 14. The Hall–Kier alpha value is -15.9. The zero-order valence-corrected chi connectivity index (χ0v) is 67.4. The summed E-state index contributed by atoms with van der Waals surface area (Å²) in [5.74, 6) is 1.73. The number of phenols is 1. The number of nitrogens with one attached hydrogen (secondary N) is 8. The van der Waals surface area contributed by atoms with Gasteiger partial charge in [-0.1, -0.05) is 50.6 Å². The first kappa shape index (κ1) is 86.5. The Labute approximate surface area is 700 Å². The molecule has 6 aromatic carbocycles. The van der Waals surface area contributed by atoms with Crippen LogP contribution < -0.4 is 60.2 Å². The minimum atomic E-state index is -4.76. The number of allylic oxidation sites excluding steroid dienone is 4. The van der Waals surface area contributed by atoms with E-state index in [1.807, 2.05) is 115 Å². The number of carbonyl (C=O) groups excluding carboxylic acids is 5. The lowest BCUT2D eigenvalue weighted by molar-refractivity contribution is -0.275. The summed E-state index contributed by atoms with van der Waals surface area (Å²) in [7, 11) is 9.80. The second-order valence-electron chi connectivity index (χ2n) is 28.0. The Kier molecular flexibility index (Phi) is 25.7. The van der Waals surface area contributed by atoms with Gasteiger partial charge in [-0.05, 0) is 220 Å². The van der Waals surface area contributed by atoms with Crippen molar-refractivity contribution < 1.29 is 74.0 Å². The first-order chi connectivity index (χ1) is 58.6. The molecule has 0 saturated heterocycles. The molecule has 16 rings (SSSR count). The number of H-pyrrole nitrogens is 5. The fourth-order valence-corrected chi connectivity index (χ4v) is 13.2. The lowest BCUT2D eigenvalue weighted by Gasteiger charge is -2.27. The number of aromatic nitrogens is 6. The molecule has 4 aliphatic rings. The minimum Gasteiger partial charge on any atom is -0.508 e. The van der Waals surface area contributed by atoms with Crippen LogP contribution in [0.4, 0.5) is 82.4 Å². The van der Waals surface area contributed by atoms with Gasteiger partial charge in [-0.2, -0.15) is 0 Å². The second kappa shape index (κ2) is 36.5. The number of fused-ring (bicyclic) bond motifs is 5. The Bertz CT molecular complexity index is 6210. The number of carbonyl (C=O) groups is 5. The average Bonchev–Trinajstić information content (AvgIpc) is 1.56. The third-order valence-electron chi connectivity index (χ3n) is 18.9. The van der Waals surface area contributed by atoms with Crippen molar-refractivity contribution in [3.8, 4) is 28.7 Å². The number of benzene rings is 6. The maximum atomic E-state index is 13.1. The van der Waals surface area contributed by atoms with Crippen molar-refractivity contribution in [2.45, 2.75) is 32.7 Å². The Morgan fingerprint density at radius 1 is 0.423 bits per heavy atom. The number of aromatic amines is 5. The van der Waals surface area contributed by atoms with Crippen LogP contribution in [0.5, 0.6) is 23.0 Å². The lowest BCUT2D eigenvalue weighted by Crippen LogP contribution is -2.26. The molecule has 10 heterocycles. The summed E-state index contributed by atoms with van der Waals surface area (Å²) in [6.45, 7) is 20.1. The van der Waals surface area contributed by atoms with Crippen LogP contribution in [0.1, 0.15) is 88.5 Å². The SMILES string of the molecule is C=C1C=Cc2cc(C(=O)N(C)C)[nH]c2N1c1ccc(OC(C)C)cc1.C=C1C=Cc2cc(C(=O)N(C)c3ccccc3)[nH]c2N1c1ccc(OC(F)(F)F)cc1.C=C1C=Cc2cc(C(=O)NC)[nH]c2N1c1ccc(F)cc1.C=C1C=Cc2cc(C(=O)NC)[nH]c2N1c1ccc(OC(F)(F)F)cc1.CNC(=O)c1cc2ccc(=O)n(-c3cccc(O)c3)c2[nH]1. The van der Waals surface area contributed by atoms with Crippen molar-refractivity contribution in [1.29, 1.82) is 0 Å². The number of amides is 5. The van der Waals surface area contributed by atoms with Crippen LogP contribution in [0, 0.1) is 5.82 Å². The van der Waals surface area contributed by atoms with Crippen LogP contribution >= 0.6 is 0 Å². The molecular weight excluding hydrogens is 1600 g/mol. The quantitative estimate of drug-likeness (QED) is 0.0432. The number of para-hydroxylation sites is 1. The molecule has 12 aromatic rings. The summed E-state index contributed by atoms with van der Waals surface area (Å²) >= 11 is 0. The summed E-state index contributed by atoms with van der Waals surface area (Å²) in [6.07, 6.45) is 5.44. The van der Waals surface area contributed by atoms with E-state index in [0.717, 1.165) is 73.5 Å². The number of aromatic hydroxyl groups is 1. The molecule has 0 atom stereocenters.